The molecule has 20 heavy (non-hydrogen) atoms. The van der Waals surface area contributed by atoms with Crippen molar-refractivity contribution in [2.45, 2.75) is 20.4 Å². The second-order valence-electron chi connectivity index (χ2n) is 4.38. The molecule has 3 rings (SSSR count). The van der Waals surface area contributed by atoms with Crippen LogP contribution in [0.15, 0.2) is 24.5 Å². The van der Waals surface area contributed by atoms with Crippen molar-refractivity contribution in [3.8, 4) is 11.3 Å². The molecule has 3 heterocycles. The molecule has 7 heteroatoms. The number of hydrogen-bond acceptors (Lipinski definition) is 5. The Bertz CT molecular complexity index is 802. The first kappa shape index (κ1) is 12.3. The van der Waals surface area contributed by atoms with Crippen molar-refractivity contribution in [1.82, 2.24) is 24.4 Å². The van der Waals surface area contributed by atoms with E-state index in [1.807, 2.05) is 18.5 Å². The van der Waals surface area contributed by atoms with Crippen LogP contribution in [0.2, 0.25) is 0 Å². The standard InChI is InChI=1S/C13H13N5O2/c1-3-17-8(2)9(7-15-17)11-4-5-14-12-6-10(13(19)20)16-18(11)12/h4-7H,3H2,1-2H3,(H,19,20)/p-1. The third-order valence-corrected chi connectivity index (χ3v) is 3.25. The summed E-state index contributed by atoms with van der Waals surface area (Å²) in [7, 11) is 0. The van der Waals surface area contributed by atoms with Gasteiger partial charge in [0.1, 0.15) is 5.69 Å². The summed E-state index contributed by atoms with van der Waals surface area (Å²) in [5.74, 6) is -1.32. The number of fused-ring (bicyclic) bond motifs is 1. The van der Waals surface area contributed by atoms with Crippen LogP contribution in [0, 0.1) is 6.92 Å². The lowest BCUT2D eigenvalue weighted by atomic mass is 10.2. The van der Waals surface area contributed by atoms with E-state index in [-0.39, 0.29) is 5.69 Å². The monoisotopic (exact) mass is 270 g/mol. The zero-order valence-corrected chi connectivity index (χ0v) is 11.1. The molecule has 0 saturated heterocycles. The average Bonchev–Trinajstić information content (AvgIpc) is 3.01. The minimum atomic E-state index is -1.32. The van der Waals surface area contributed by atoms with Gasteiger partial charge in [-0.05, 0) is 19.9 Å². The van der Waals surface area contributed by atoms with E-state index in [2.05, 4.69) is 15.2 Å². The molecule has 0 amide bonds. The number of aromatic nitrogens is 5. The van der Waals surface area contributed by atoms with Crippen LogP contribution in [0.3, 0.4) is 0 Å². The molecule has 0 bridgehead atoms. The minimum Gasteiger partial charge on any atom is -0.543 e. The first-order valence-electron chi connectivity index (χ1n) is 6.20. The van der Waals surface area contributed by atoms with E-state index in [0.29, 0.717) is 5.65 Å². The molecule has 0 aliphatic heterocycles. The second-order valence-corrected chi connectivity index (χ2v) is 4.38. The van der Waals surface area contributed by atoms with E-state index in [0.717, 1.165) is 23.5 Å². The van der Waals surface area contributed by atoms with Gasteiger partial charge in [0.15, 0.2) is 5.65 Å². The van der Waals surface area contributed by atoms with Crippen molar-refractivity contribution in [2.75, 3.05) is 0 Å². The Labute approximate surface area is 114 Å². The molecule has 0 saturated carbocycles. The van der Waals surface area contributed by atoms with Crippen molar-refractivity contribution >= 4 is 11.6 Å². The van der Waals surface area contributed by atoms with Gasteiger partial charge in [0.25, 0.3) is 0 Å². The van der Waals surface area contributed by atoms with Gasteiger partial charge in [-0.25, -0.2) is 9.50 Å². The molecular formula is C13H12N5O2-. The van der Waals surface area contributed by atoms with Crippen LogP contribution in [0.1, 0.15) is 23.1 Å². The summed E-state index contributed by atoms with van der Waals surface area (Å²) < 4.78 is 3.36. The Hall–Kier alpha value is -2.70. The lowest BCUT2D eigenvalue weighted by Gasteiger charge is -2.04. The lowest BCUT2D eigenvalue weighted by Crippen LogP contribution is -2.22. The number of nitrogens with zero attached hydrogens (tertiary/aromatic N) is 5. The van der Waals surface area contributed by atoms with Crippen LogP contribution in [-0.4, -0.2) is 30.3 Å². The van der Waals surface area contributed by atoms with E-state index in [1.165, 1.54) is 10.6 Å². The molecule has 0 spiro atoms. The molecule has 3 aromatic heterocycles. The molecule has 0 unspecified atom stereocenters. The Balaban J connectivity index is 2.25. The number of aromatic carboxylic acids is 1. The molecule has 102 valence electrons. The predicted molar refractivity (Wildman–Crippen MR) is 68.9 cm³/mol. The van der Waals surface area contributed by atoms with E-state index < -0.39 is 5.97 Å². The number of rotatable bonds is 3. The fraction of sp³-hybridized carbons (Fsp3) is 0.231. The maximum Gasteiger partial charge on any atom is 0.156 e. The van der Waals surface area contributed by atoms with Gasteiger partial charge < -0.3 is 9.90 Å². The second kappa shape index (κ2) is 4.44. The maximum atomic E-state index is 10.9. The summed E-state index contributed by atoms with van der Waals surface area (Å²) in [6.45, 7) is 4.73. The lowest BCUT2D eigenvalue weighted by molar-refractivity contribution is -0.255. The number of carbonyl (C=O) groups excluding carboxylic acids is 1. The summed E-state index contributed by atoms with van der Waals surface area (Å²) in [5, 5.41) is 19.2. The van der Waals surface area contributed by atoms with Crippen molar-refractivity contribution in [2.24, 2.45) is 0 Å². The third-order valence-electron chi connectivity index (χ3n) is 3.25. The molecule has 0 aliphatic carbocycles. The Morgan fingerprint density at radius 2 is 2.25 bits per heavy atom. The van der Waals surface area contributed by atoms with Crippen LogP contribution in [-0.2, 0) is 6.54 Å². The van der Waals surface area contributed by atoms with Gasteiger partial charge in [0.05, 0.1) is 17.9 Å². The molecular weight excluding hydrogens is 258 g/mol. The summed E-state index contributed by atoms with van der Waals surface area (Å²) >= 11 is 0. The van der Waals surface area contributed by atoms with Crippen LogP contribution >= 0.6 is 0 Å². The van der Waals surface area contributed by atoms with Gasteiger partial charge in [-0.1, -0.05) is 0 Å². The van der Waals surface area contributed by atoms with Crippen LogP contribution in [0.25, 0.3) is 16.9 Å². The smallest absolute Gasteiger partial charge is 0.156 e. The highest BCUT2D eigenvalue weighted by atomic mass is 16.4. The number of carboxylic acids is 1. The van der Waals surface area contributed by atoms with Crippen LogP contribution in [0.5, 0.6) is 0 Å². The van der Waals surface area contributed by atoms with E-state index in [4.69, 9.17) is 0 Å². The number of carboxylic acid groups (broad SMARTS) is 1. The minimum absolute atomic E-state index is 0.134. The molecule has 0 N–H and O–H groups in total. The van der Waals surface area contributed by atoms with Gasteiger partial charge >= 0.3 is 0 Å². The average molecular weight is 270 g/mol. The molecule has 0 aromatic carbocycles. The zero-order chi connectivity index (χ0) is 14.3. The molecule has 3 aromatic rings. The van der Waals surface area contributed by atoms with Gasteiger partial charge in [0.2, 0.25) is 0 Å². The fourth-order valence-electron chi connectivity index (χ4n) is 2.22. The van der Waals surface area contributed by atoms with Crippen molar-refractivity contribution in [1.29, 1.82) is 0 Å². The number of carbonyl (C=O) groups is 1. The quantitative estimate of drug-likeness (QED) is 0.682. The highest BCUT2D eigenvalue weighted by Gasteiger charge is 2.13. The first-order chi connectivity index (χ1) is 9.61. The molecule has 7 nitrogen and oxygen atoms in total. The molecule has 0 atom stereocenters. The van der Waals surface area contributed by atoms with Crippen molar-refractivity contribution in [3.05, 3.63) is 35.9 Å². The topological polar surface area (TPSA) is 88.1 Å². The third kappa shape index (κ3) is 1.75. The van der Waals surface area contributed by atoms with Gasteiger partial charge in [-0.2, -0.15) is 10.2 Å². The molecule has 0 aliphatic rings. The fourth-order valence-corrected chi connectivity index (χ4v) is 2.22. The predicted octanol–water partition coefficient (Wildman–Crippen LogP) is 0.285. The van der Waals surface area contributed by atoms with E-state index >= 15 is 0 Å². The highest BCUT2D eigenvalue weighted by molar-refractivity contribution is 5.85. The normalized spacial score (nSPS) is 11.1. The highest BCUT2D eigenvalue weighted by Crippen LogP contribution is 2.23. The van der Waals surface area contributed by atoms with E-state index in [1.54, 1.807) is 18.5 Å². The maximum absolute atomic E-state index is 10.9. The van der Waals surface area contributed by atoms with Crippen molar-refractivity contribution < 1.29 is 9.90 Å². The van der Waals surface area contributed by atoms with Gasteiger partial charge in [-0.3, -0.25) is 4.68 Å². The molecule has 0 fully saturated rings. The van der Waals surface area contributed by atoms with E-state index in [9.17, 15) is 9.90 Å². The van der Waals surface area contributed by atoms with Gasteiger partial charge in [0, 0.05) is 30.1 Å². The Morgan fingerprint density at radius 1 is 1.45 bits per heavy atom. The number of aryl methyl sites for hydroxylation is 1. The zero-order valence-electron chi connectivity index (χ0n) is 11.1. The Kier molecular flexibility index (Phi) is 2.74. The number of hydrogen-bond donors (Lipinski definition) is 0. The van der Waals surface area contributed by atoms with Crippen LogP contribution in [0.4, 0.5) is 0 Å². The van der Waals surface area contributed by atoms with Crippen molar-refractivity contribution in [3.63, 3.8) is 0 Å². The molecule has 0 radical (unpaired) electrons. The first-order valence-corrected chi connectivity index (χ1v) is 6.20. The van der Waals surface area contributed by atoms with Gasteiger partial charge in [-0.15, -0.1) is 0 Å². The van der Waals surface area contributed by atoms with Crippen LogP contribution < -0.4 is 5.11 Å². The summed E-state index contributed by atoms with van der Waals surface area (Å²) in [4.78, 5) is 15.0. The Morgan fingerprint density at radius 3 is 2.90 bits per heavy atom. The summed E-state index contributed by atoms with van der Waals surface area (Å²) in [6.07, 6.45) is 3.36. The summed E-state index contributed by atoms with van der Waals surface area (Å²) in [6, 6.07) is 3.17. The summed E-state index contributed by atoms with van der Waals surface area (Å²) in [5.41, 5.74) is 2.97. The SMILES string of the molecule is CCn1ncc(-c2ccnc3cc(C(=O)[O-])nn23)c1C. The largest absolute Gasteiger partial charge is 0.543 e.